The Hall–Kier alpha value is -1.85. The van der Waals surface area contributed by atoms with Crippen LogP contribution in [0.1, 0.15) is 11.1 Å². The van der Waals surface area contributed by atoms with Crippen molar-refractivity contribution >= 4 is 16.5 Å². The normalized spacial score (nSPS) is 15.9. The molecule has 122 valence electrons. The molecule has 0 fully saturated rings. The van der Waals surface area contributed by atoms with Gasteiger partial charge in [0.1, 0.15) is 5.75 Å². The van der Waals surface area contributed by atoms with Gasteiger partial charge in [-0.3, -0.25) is 0 Å². The molecule has 0 saturated heterocycles. The van der Waals surface area contributed by atoms with Crippen LogP contribution in [0.4, 0.5) is 5.69 Å². The second-order valence-electron chi connectivity index (χ2n) is 5.93. The number of fused-ring (bicyclic) bond motifs is 2. The fraction of sp³-hybridized carbons (Fsp3) is 0.333. The number of likely N-dealkylation sites (N-methyl/N-ethyl adjacent to an activating group) is 1. The molecule has 1 aliphatic heterocycles. The predicted octanol–water partition coefficient (Wildman–Crippen LogP) is 2.74. The Labute approximate surface area is 139 Å². The molecule has 1 atom stereocenters. The van der Waals surface area contributed by atoms with E-state index in [0.29, 0.717) is 0 Å². The van der Waals surface area contributed by atoms with Crippen molar-refractivity contribution in [1.29, 1.82) is 0 Å². The number of anilines is 1. The third-order valence-electron chi connectivity index (χ3n) is 4.04. The van der Waals surface area contributed by atoms with Crippen molar-refractivity contribution in [3.8, 4) is 5.75 Å². The first-order chi connectivity index (χ1) is 11.1. The average Bonchev–Trinajstić information content (AvgIpc) is 2.55. The van der Waals surface area contributed by atoms with Crippen LogP contribution >= 0.6 is 0 Å². The highest BCUT2D eigenvalue weighted by Gasteiger charge is 2.24. The van der Waals surface area contributed by atoms with Crippen LogP contribution in [0.2, 0.25) is 0 Å². The third kappa shape index (κ3) is 3.26. The van der Waals surface area contributed by atoms with Gasteiger partial charge in [-0.05, 0) is 55.6 Å². The number of nitrogens with one attached hydrogen (secondary N) is 1. The predicted molar refractivity (Wildman–Crippen MR) is 94.0 cm³/mol. The van der Waals surface area contributed by atoms with Crippen molar-refractivity contribution < 1.29 is 8.95 Å². The quantitative estimate of drug-likeness (QED) is 0.781. The SMILES string of the molecule is COc1ccc2c(c1)Cc1c(NCCN(C)C)cccc1S2=O. The molecule has 0 spiro atoms. The molecule has 0 aliphatic carbocycles. The molecule has 1 unspecified atom stereocenters. The fourth-order valence-electron chi connectivity index (χ4n) is 2.81. The van der Waals surface area contributed by atoms with Crippen LogP contribution in [0, 0.1) is 0 Å². The van der Waals surface area contributed by atoms with Crippen molar-refractivity contribution in [2.24, 2.45) is 0 Å². The molecule has 4 nitrogen and oxygen atoms in total. The van der Waals surface area contributed by atoms with Gasteiger partial charge < -0.3 is 15.0 Å². The van der Waals surface area contributed by atoms with E-state index in [2.05, 4.69) is 30.4 Å². The molecule has 5 heteroatoms. The molecule has 2 aromatic carbocycles. The smallest absolute Gasteiger partial charge is 0.119 e. The van der Waals surface area contributed by atoms with E-state index >= 15 is 0 Å². The Bertz CT molecular complexity index is 744. The highest BCUT2D eigenvalue weighted by atomic mass is 32.2. The van der Waals surface area contributed by atoms with Crippen LogP contribution in [0.5, 0.6) is 5.75 Å². The van der Waals surface area contributed by atoms with Gasteiger partial charge in [0.15, 0.2) is 0 Å². The molecule has 1 N–H and O–H groups in total. The number of ether oxygens (including phenoxy) is 1. The van der Waals surface area contributed by atoms with Gasteiger partial charge in [0.2, 0.25) is 0 Å². The average molecular weight is 330 g/mol. The molecule has 23 heavy (non-hydrogen) atoms. The van der Waals surface area contributed by atoms with Gasteiger partial charge in [0.25, 0.3) is 0 Å². The first-order valence-electron chi connectivity index (χ1n) is 7.69. The topological polar surface area (TPSA) is 41.6 Å². The maximum atomic E-state index is 12.9. The summed E-state index contributed by atoms with van der Waals surface area (Å²) in [5, 5.41) is 3.48. The maximum Gasteiger partial charge on any atom is 0.119 e. The number of hydrogen-bond acceptors (Lipinski definition) is 4. The van der Waals surface area contributed by atoms with E-state index in [1.165, 1.54) is 0 Å². The zero-order valence-electron chi connectivity index (χ0n) is 13.8. The first kappa shape index (κ1) is 16.0. The summed E-state index contributed by atoms with van der Waals surface area (Å²) in [6, 6.07) is 11.8. The van der Waals surface area contributed by atoms with Gasteiger partial charge in [0, 0.05) is 35.0 Å². The minimum Gasteiger partial charge on any atom is -0.497 e. The Morgan fingerprint density at radius 1 is 1.22 bits per heavy atom. The highest BCUT2D eigenvalue weighted by molar-refractivity contribution is 7.85. The molecule has 3 rings (SSSR count). The van der Waals surface area contributed by atoms with E-state index in [4.69, 9.17) is 4.74 Å². The van der Waals surface area contributed by atoms with E-state index in [1.807, 2.05) is 30.3 Å². The van der Waals surface area contributed by atoms with E-state index in [0.717, 1.165) is 51.9 Å². The standard InChI is InChI=1S/C18H22N2O2S/c1-20(2)10-9-19-16-5-4-6-18-15(16)12-13-11-14(22-3)7-8-17(13)23(18)21/h4-8,11,19H,9-10,12H2,1-3H3. The van der Waals surface area contributed by atoms with Crippen LogP contribution in [0.15, 0.2) is 46.2 Å². The first-order valence-corrected chi connectivity index (χ1v) is 8.84. The van der Waals surface area contributed by atoms with E-state index in [1.54, 1.807) is 7.11 Å². The zero-order valence-corrected chi connectivity index (χ0v) is 14.6. The molecule has 0 bridgehead atoms. The van der Waals surface area contributed by atoms with Crippen molar-refractivity contribution in [3.05, 3.63) is 47.5 Å². The fourth-order valence-corrected chi connectivity index (χ4v) is 4.22. The maximum absolute atomic E-state index is 12.9. The molecule has 0 radical (unpaired) electrons. The number of nitrogens with zero attached hydrogens (tertiary/aromatic N) is 1. The minimum atomic E-state index is -1.13. The summed E-state index contributed by atoms with van der Waals surface area (Å²) in [6.07, 6.45) is 0.777. The summed E-state index contributed by atoms with van der Waals surface area (Å²) in [6.45, 7) is 1.82. The summed E-state index contributed by atoms with van der Waals surface area (Å²) < 4.78 is 18.2. The van der Waals surface area contributed by atoms with Gasteiger partial charge >= 0.3 is 0 Å². The highest BCUT2D eigenvalue weighted by Crippen LogP contribution is 2.36. The van der Waals surface area contributed by atoms with Crippen molar-refractivity contribution in [2.75, 3.05) is 39.6 Å². The summed E-state index contributed by atoms with van der Waals surface area (Å²) >= 11 is 0. The monoisotopic (exact) mass is 330 g/mol. The lowest BCUT2D eigenvalue weighted by Gasteiger charge is -2.23. The molecular formula is C18H22N2O2S. The lowest BCUT2D eigenvalue weighted by molar-refractivity contribution is 0.414. The van der Waals surface area contributed by atoms with Crippen LogP contribution in [-0.4, -0.2) is 43.4 Å². The van der Waals surface area contributed by atoms with Gasteiger partial charge in [0.05, 0.1) is 17.9 Å². The Balaban J connectivity index is 1.93. The van der Waals surface area contributed by atoms with E-state index in [-0.39, 0.29) is 0 Å². The molecule has 1 heterocycles. The second kappa shape index (κ2) is 6.72. The molecule has 0 saturated carbocycles. The molecule has 2 aromatic rings. The van der Waals surface area contributed by atoms with Crippen LogP contribution in [0.3, 0.4) is 0 Å². The molecule has 0 amide bonds. The van der Waals surface area contributed by atoms with E-state index in [9.17, 15) is 4.21 Å². The number of rotatable bonds is 5. The number of hydrogen-bond donors (Lipinski definition) is 1. The minimum absolute atomic E-state index is 0.777. The van der Waals surface area contributed by atoms with Crippen LogP contribution in [0.25, 0.3) is 0 Å². The van der Waals surface area contributed by atoms with Gasteiger partial charge in [-0.2, -0.15) is 0 Å². The van der Waals surface area contributed by atoms with Crippen molar-refractivity contribution in [2.45, 2.75) is 16.2 Å². The summed E-state index contributed by atoms with van der Waals surface area (Å²) in [5.41, 5.74) is 3.29. The summed E-state index contributed by atoms with van der Waals surface area (Å²) in [5.74, 6) is 0.808. The van der Waals surface area contributed by atoms with Gasteiger partial charge in [-0.15, -0.1) is 0 Å². The van der Waals surface area contributed by atoms with Crippen molar-refractivity contribution in [1.82, 2.24) is 4.90 Å². The second-order valence-corrected chi connectivity index (χ2v) is 7.35. The third-order valence-corrected chi connectivity index (χ3v) is 5.62. The van der Waals surface area contributed by atoms with Gasteiger partial charge in [-0.25, -0.2) is 4.21 Å². The molecule has 1 aliphatic rings. The Morgan fingerprint density at radius 3 is 2.78 bits per heavy atom. The lowest BCUT2D eigenvalue weighted by Crippen LogP contribution is -2.22. The van der Waals surface area contributed by atoms with Gasteiger partial charge in [-0.1, -0.05) is 6.07 Å². The van der Waals surface area contributed by atoms with Crippen LogP contribution in [-0.2, 0) is 17.2 Å². The van der Waals surface area contributed by atoms with Crippen LogP contribution < -0.4 is 10.1 Å². The number of benzene rings is 2. The summed E-state index contributed by atoms with van der Waals surface area (Å²) in [4.78, 5) is 3.95. The zero-order chi connectivity index (χ0) is 16.4. The van der Waals surface area contributed by atoms with E-state index < -0.39 is 10.8 Å². The number of methoxy groups -OCH3 is 1. The largest absolute Gasteiger partial charge is 0.497 e. The Morgan fingerprint density at radius 2 is 2.04 bits per heavy atom. The summed E-state index contributed by atoms with van der Waals surface area (Å²) in [7, 11) is 4.64. The molecule has 0 aromatic heterocycles. The van der Waals surface area contributed by atoms with Crippen molar-refractivity contribution in [3.63, 3.8) is 0 Å². The molecular weight excluding hydrogens is 308 g/mol. The Kier molecular flexibility index (Phi) is 4.68. The lowest BCUT2D eigenvalue weighted by atomic mass is 10.0.